The summed E-state index contributed by atoms with van der Waals surface area (Å²) in [6.07, 6.45) is 21.9. The molecule has 20 heavy (non-hydrogen) atoms. The minimum Gasteiger partial charge on any atom is -0.0864 e. The van der Waals surface area contributed by atoms with Gasteiger partial charge in [-0.25, -0.2) is 0 Å². The summed E-state index contributed by atoms with van der Waals surface area (Å²) in [7, 11) is 0. The summed E-state index contributed by atoms with van der Waals surface area (Å²) in [4.78, 5) is 0. The maximum absolute atomic E-state index is 2.50. The van der Waals surface area contributed by atoms with Gasteiger partial charge in [0.25, 0.3) is 0 Å². The number of unbranched alkanes of at least 4 members (excludes halogenated alkanes) is 11. The first-order valence-electron chi connectivity index (χ1n) is 9.37. The summed E-state index contributed by atoms with van der Waals surface area (Å²) in [6.45, 7) is 4.73. The van der Waals surface area contributed by atoms with Crippen LogP contribution in [0.4, 0.5) is 0 Å². The Balaban J connectivity index is 3.02. The molecule has 0 fully saturated rings. The van der Waals surface area contributed by atoms with Crippen molar-refractivity contribution in [2.75, 3.05) is 4.43 Å². The molecule has 1 atom stereocenters. The summed E-state index contributed by atoms with van der Waals surface area (Å²) in [5.41, 5.74) is 0. The van der Waals surface area contributed by atoms with Gasteiger partial charge < -0.3 is 0 Å². The summed E-state index contributed by atoms with van der Waals surface area (Å²) in [5, 5.41) is 0. The van der Waals surface area contributed by atoms with E-state index in [-0.39, 0.29) is 0 Å². The molecule has 0 unspecified atom stereocenters. The molecule has 0 saturated heterocycles. The second-order valence-electron chi connectivity index (χ2n) is 6.61. The maximum atomic E-state index is 2.50. The fourth-order valence-corrected chi connectivity index (χ4v) is 3.34. The van der Waals surface area contributed by atoms with Crippen molar-refractivity contribution >= 4 is 22.6 Å². The summed E-state index contributed by atoms with van der Waals surface area (Å²) in [6, 6.07) is 0. The van der Waals surface area contributed by atoms with Crippen LogP contribution in [-0.4, -0.2) is 4.43 Å². The van der Waals surface area contributed by atoms with Crippen molar-refractivity contribution in [3.8, 4) is 0 Å². The van der Waals surface area contributed by atoms with E-state index in [9.17, 15) is 0 Å². The Bertz CT molecular complexity index is 167. The van der Waals surface area contributed by atoms with Crippen LogP contribution in [0.3, 0.4) is 0 Å². The Morgan fingerprint density at radius 1 is 0.600 bits per heavy atom. The van der Waals surface area contributed by atoms with Crippen molar-refractivity contribution in [2.45, 2.75) is 110 Å². The van der Waals surface area contributed by atoms with Crippen LogP contribution in [0.2, 0.25) is 0 Å². The predicted octanol–water partition coefficient (Wildman–Crippen LogP) is 7.93. The fourth-order valence-electron chi connectivity index (χ4n) is 2.90. The van der Waals surface area contributed by atoms with Gasteiger partial charge >= 0.3 is 0 Å². The molecule has 0 rings (SSSR count). The predicted molar refractivity (Wildman–Crippen MR) is 103 cm³/mol. The molecule has 0 saturated carbocycles. The van der Waals surface area contributed by atoms with Gasteiger partial charge in [-0.15, -0.1) is 0 Å². The van der Waals surface area contributed by atoms with Gasteiger partial charge in [-0.3, -0.25) is 0 Å². The van der Waals surface area contributed by atoms with Gasteiger partial charge in [0.05, 0.1) is 0 Å². The van der Waals surface area contributed by atoms with Gasteiger partial charge in [-0.05, 0) is 23.2 Å². The lowest BCUT2D eigenvalue weighted by molar-refractivity contribution is 0.452. The molecule has 0 heterocycles. The Morgan fingerprint density at radius 3 is 1.45 bits per heavy atom. The Kier molecular flexibility index (Phi) is 18.4. The molecule has 0 aromatic carbocycles. The number of hydrogen-bond donors (Lipinski definition) is 0. The molecule has 0 aromatic heterocycles. The van der Waals surface area contributed by atoms with Crippen LogP contribution in [0.25, 0.3) is 0 Å². The SMILES string of the molecule is CCCCCCCCCCCCCC[C@@H](C)CCCI. The lowest BCUT2D eigenvalue weighted by Crippen LogP contribution is -1.95. The molecule has 122 valence electrons. The van der Waals surface area contributed by atoms with Crippen molar-refractivity contribution in [1.29, 1.82) is 0 Å². The lowest BCUT2D eigenvalue weighted by atomic mass is 9.98. The highest BCUT2D eigenvalue weighted by atomic mass is 127. The van der Waals surface area contributed by atoms with Gasteiger partial charge in [0.15, 0.2) is 0 Å². The van der Waals surface area contributed by atoms with E-state index >= 15 is 0 Å². The highest BCUT2D eigenvalue weighted by Gasteiger charge is 2.01. The van der Waals surface area contributed by atoms with Crippen LogP contribution >= 0.6 is 22.6 Å². The number of alkyl halides is 1. The molecule has 0 aliphatic carbocycles. The van der Waals surface area contributed by atoms with Gasteiger partial charge in [0, 0.05) is 0 Å². The van der Waals surface area contributed by atoms with Gasteiger partial charge in [0.2, 0.25) is 0 Å². The first kappa shape index (κ1) is 20.7. The third-order valence-corrected chi connectivity index (χ3v) is 5.14. The summed E-state index contributed by atoms with van der Waals surface area (Å²) in [5.74, 6) is 0.966. The number of halogens is 1. The van der Waals surface area contributed by atoms with Crippen molar-refractivity contribution in [1.82, 2.24) is 0 Å². The van der Waals surface area contributed by atoms with E-state index in [0.717, 1.165) is 5.92 Å². The molecule has 0 N–H and O–H groups in total. The minimum absolute atomic E-state index is 0.966. The quantitative estimate of drug-likeness (QED) is 0.142. The van der Waals surface area contributed by atoms with E-state index in [0.29, 0.717) is 0 Å². The van der Waals surface area contributed by atoms with Crippen LogP contribution in [0.5, 0.6) is 0 Å². The average Bonchev–Trinajstić information content (AvgIpc) is 2.46. The largest absolute Gasteiger partial charge is 0.0864 e. The molecular weight excluding hydrogens is 355 g/mol. The van der Waals surface area contributed by atoms with Gasteiger partial charge in [0.1, 0.15) is 0 Å². The summed E-state index contributed by atoms with van der Waals surface area (Å²) >= 11 is 2.50. The molecule has 0 nitrogen and oxygen atoms in total. The second kappa shape index (κ2) is 17.8. The van der Waals surface area contributed by atoms with Crippen LogP contribution < -0.4 is 0 Å². The number of rotatable bonds is 16. The van der Waals surface area contributed by atoms with Crippen molar-refractivity contribution in [3.63, 3.8) is 0 Å². The molecule has 0 aromatic rings. The normalized spacial score (nSPS) is 12.8. The molecule has 0 radical (unpaired) electrons. The highest BCUT2D eigenvalue weighted by Crippen LogP contribution is 2.17. The molecule has 0 aliphatic rings. The third kappa shape index (κ3) is 16.8. The van der Waals surface area contributed by atoms with Crippen LogP contribution in [0.15, 0.2) is 0 Å². The van der Waals surface area contributed by atoms with E-state index < -0.39 is 0 Å². The van der Waals surface area contributed by atoms with Crippen molar-refractivity contribution in [2.24, 2.45) is 5.92 Å². The molecule has 0 spiro atoms. The fraction of sp³-hybridized carbons (Fsp3) is 1.00. The van der Waals surface area contributed by atoms with Crippen LogP contribution in [-0.2, 0) is 0 Å². The third-order valence-electron chi connectivity index (χ3n) is 4.38. The molecule has 1 heteroatoms. The van der Waals surface area contributed by atoms with E-state index in [1.165, 1.54) is 101 Å². The topological polar surface area (TPSA) is 0 Å². The Labute approximate surface area is 143 Å². The van der Waals surface area contributed by atoms with Crippen LogP contribution in [0.1, 0.15) is 110 Å². The van der Waals surface area contributed by atoms with Crippen LogP contribution in [0, 0.1) is 5.92 Å². The zero-order chi connectivity index (χ0) is 14.9. The van der Waals surface area contributed by atoms with Gasteiger partial charge in [-0.2, -0.15) is 0 Å². The van der Waals surface area contributed by atoms with E-state index in [2.05, 4.69) is 36.4 Å². The first-order valence-corrected chi connectivity index (χ1v) is 10.9. The molecule has 0 bridgehead atoms. The van der Waals surface area contributed by atoms with Crippen molar-refractivity contribution < 1.29 is 0 Å². The van der Waals surface area contributed by atoms with Gasteiger partial charge in [-0.1, -0.05) is 120 Å². The molecule has 0 aliphatic heterocycles. The maximum Gasteiger partial charge on any atom is -0.000463 e. The Hall–Kier alpha value is 0.730. The molecule has 0 amide bonds. The Morgan fingerprint density at radius 2 is 1.00 bits per heavy atom. The molecular formula is C19H39I. The first-order chi connectivity index (χ1) is 9.81. The van der Waals surface area contributed by atoms with E-state index in [4.69, 9.17) is 0 Å². The number of hydrogen-bond acceptors (Lipinski definition) is 0. The average molecular weight is 394 g/mol. The monoisotopic (exact) mass is 394 g/mol. The lowest BCUT2D eigenvalue weighted by Gasteiger charge is -2.09. The zero-order valence-electron chi connectivity index (χ0n) is 14.3. The minimum atomic E-state index is 0.966. The van der Waals surface area contributed by atoms with E-state index in [1.54, 1.807) is 0 Å². The second-order valence-corrected chi connectivity index (χ2v) is 7.69. The smallest absolute Gasteiger partial charge is 0.000463 e. The van der Waals surface area contributed by atoms with Crippen molar-refractivity contribution in [3.05, 3.63) is 0 Å². The standard InChI is InChI=1S/C19H39I/c1-3-4-5-6-7-8-9-10-11-12-13-14-16-19(2)17-15-18-20/h19H,3-18H2,1-2H3/t19-/m1/s1. The summed E-state index contributed by atoms with van der Waals surface area (Å²) < 4.78 is 1.33. The van der Waals surface area contributed by atoms with E-state index in [1.807, 2.05) is 0 Å². The highest BCUT2D eigenvalue weighted by molar-refractivity contribution is 14.1. The zero-order valence-corrected chi connectivity index (χ0v) is 16.4.